The molecule has 0 amide bonds. The summed E-state index contributed by atoms with van der Waals surface area (Å²) in [5.41, 5.74) is 0.479. The second kappa shape index (κ2) is 6.77. The minimum atomic E-state index is -4.40. The summed E-state index contributed by atoms with van der Waals surface area (Å²) in [7, 11) is 0. The minimum absolute atomic E-state index is 0.0347. The Labute approximate surface area is 112 Å². The molecule has 0 heterocycles. The van der Waals surface area contributed by atoms with E-state index in [2.05, 4.69) is 4.74 Å². The number of halogens is 4. The van der Waals surface area contributed by atoms with E-state index in [1.54, 1.807) is 0 Å². The van der Waals surface area contributed by atoms with Crippen molar-refractivity contribution in [2.24, 2.45) is 0 Å². The molecule has 3 nitrogen and oxygen atoms in total. The van der Waals surface area contributed by atoms with Crippen molar-refractivity contribution in [1.29, 1.82) is 0 Å². The summed E-state index contributed by atoms with van der Waals surface area (Å²) in [5.74, 6) is -2.02. The van der Waals surface area contributed by atoms with Crippen molar-refractivity contribution in [2.75, 3.05) is 13.2 Å². The molecule has 106 valence electrons. The van der Waals surface area contributed by atoms with E-state index in [0.29, 0.717) is 10.6 Å². The van der Waals surface area contributed by atoms with Crippen LogP contribution in [0.3, 0.4) is 0 Å². The molecule has 0 aromatic heterocycles. The Morgan fingerprint density at radius 1 is 1.32 bits per heavy atom. The number of carboxylic acid groups (broad SMARTS) is 1. The fourth-order valence-corrected chi connectivity index (χ4v) is 1.64. The van der Waals surface area contributed by atoms with Crippen LogP contribution in [0.1, 0.15) is 17.9 Å². The molecule has 1 unspecified atom stereocenters. The molecule has 0 aliphatic carbocycles. The molecule has 0 spiro atoms. The number of ether oxygens (including phenoxy) is 1. The average molecular weight is 297 g/mol. The second-order valence-corrected chi connectivity index (χ2v) is 4.34. The van der Waals surface area contributed by atoms with Crippen LogP contribution in [0.15, 0.2) is 24.3 Å². The van der Waals surface area contributed by atoms with Gasteiger partial charge in [-0.25, -0.2) is 0 Å². The van der Waals surface area contributed by atoms with E-state index < -0.39 is 24.7 Å². The second-order valence-electron chi connectivity index (χ2n) is 3.90. The number of benzene rings is 1. The van der Waals surface area contributed by atoms with Crippen LogP contribution in [-0.2, 0) is 9.53 Å². The molecule has 1 N–H and O–H groups in total. The molecule has 1 rings (SSSR count). The van der Waals surface area contributed by atoms with Gasteiger partial charge in [-0.15, -0.1) is 0 Å². The average Bonchev–Trinajstić information content (AvgIpc) is 2.29. The number of rotatable bonds is 6. The Balaban J connectivity index is 2.55. The van der Waals surface area contributed by atoms with Crippen molar-refractivity contribution in [3.63, 3.8) is 0 Å². The number of hydrogen-bond acceptors (Lipinski definition) is 2. The van der Waals surface area contributed by atoms with Gasteiger partial charge in [-0.3, -0.25) is 4.79 Å². The highest BCUT2D eigenvalue weighted by Gasteiger charge is 2.28. The van der Waals surface area contributed by atoms with Gasteiger partial charge in [0.25, 0.3) is 0 Å². The predicted octanol–water partition coefficient (Wildman–Crippen LogP) is 3.48. The highest BCUT2D eigenvalue weighted by Crippen LogP contribution is 2.22. The van der Waals surface area contributed by atoms with Crippen molar-refractivity contribution in [3.05, 3.63) is 34.9 Å². The predicted molar refractivity (Wildman–Crippen MR) is 63.3 cm³/mol. The molecule has 1 atom stereocenters. The lowest BCUT2D eigenvalue weighted by Crippen LogP contribution is -2.19. The lowest BCUT2D eigenvalue weighted by molar-refractivity contribution is -0.174. The molecule has 0 radical (unpaired) electrons. The van der Waals surface area contributed by atoms with E-state index in [0.717, 1.165) is 0 Å². The van der Waals surface area contributed by atoms with Gasteiger partial charge >= 0.3 is 12.1 Å². The molecular formula is C12H12ClF3O3. The summed E-state index contributed by atoms with van der Waals surface area (Å²) in [6.45, 7) is -1.65. The molecule has 19 heavy (non-hydrogen) atoms. The molecule has 0 saturated heterocycles. The number of carbonyl (C=O) groups is 1. The zero-order valence-electron chi connectivity index (χ0n) is 9.78. The molecule has 0 aliphatic heterocycles. The minimum Gasteiger partial charge on any atom is -0.481 e. The first-order valence-electron chi connectivity index (χ1n) is 5.42. The number of aliphatic carboxylic acids is 1. The fraction of sp³-hybridized carbons (Fsp3) is 0.417. The van der Waals surface area contributed by atoms with Gasteiger partial charge in [0.1, 0.15) is 6.61 Å². The topological polar surface area (TPSA) is 46.5 Å². The van der Waals surface area contributed by atoms with Gasteiger partial charge in [0.15, 0.2) is 0 Å². The van der Waals surface area contributed by atoms with Crippen LogP contribution in [0, 0.1) is 0 Å². The Morgan fingerprint density at radius 3 is 2.37 bits per heavy atom. The third-order valence-corrected chi connectivity index (χ3v) is 2.64. The van der Waals surface area contributed by atoms with Gasteiger partial charge in [0.05, 0.1) is 5.92 Å². The van der Waals surface area contributed by atoms with Crippen LogP contribution < -0.4 is 0 Å². The third-order valence-electron chi connectivity index (χ3n) is 2.39. The molecule has 0 fully saturated rings. The van der Waals surface area contributed by atoms with Gasteiger partial charge in [0, 0.05) is 11.6 Å². The molecule has 7 heteroatoms. The largest absolute Gasteiger partial charge is 0.481 e. The van der Waals surface area contributed by atoms with E-state index in [1.165, 1.54) is 24.3 Å². The van der Waals surface area contributed by atoms with Gasteiger partial charge < -0.3 is 9.84 Å². The number of carboxylic acids is 1. The van der Waals surface area contributed by atoms with Gasteiger partial charge in [-0.1, -0.05) is 23.7 Å². The molecule has 0 saturated carbocycles. The first kappa shape index (κ1) is 15.8. The Hall–Kier alpha value is -1.27. The van der Waals surface area contributed by atoms with Crippen LogP contribution in [0.4, 0.5) is 13.2 Å². The van der Waals surface area contributed by atoms with E-state index in [1.807, 2.05) is 0 Å². The van der Waals surface area contributed by atoms with Crippen LogP contribution >= 0.6 is 11.6 Å². The Kier molecular flexibility index (Phi) is 5.62. The molecule has 1 aromatic rings. The third kappa shape index (κ3) is 5.94. The summed E-state index contributed by atoms with van der Waals surface area (Å²) in [5, 5.41) is 9.50. The normalized spacial score (nSPS) is 13.3. The summed E-state index contributed by atoms with van der Waals surface area (Å²) in [6, 6.07) is 6.13. The Morgan fingerprint density at radius 2 is 1.89 bits per heavy atom. The van der Waals surface area contributed by atoms with Crippen LogP contribution in [-0.4, -0.2) is 30.5 Å². The fourth-order valence-electron chi connectivity index (χ4n) is 1.52. The van der Waals surface area contributed by atoms with Crippen LogP contribution in [0.25, 0.3) is 0 Å². The van der Waals surface area contributed by atoms with Crippen molar-refractivity contribution in [3.8, 4) is 0 Å². The van der Waals surface area contributed by atoms with Crippen molar-refractivity contribution in [2.45, 2.75) is 18.5 Å². The smallest absolute Gasteiger partial charge is 0.411 e. The number of hydrogen-bond donors (Lipinski definition) is 1. The summed E-state index contributed by atoms with van der Waals surface area (Å²) < 4.78 is 40.0. The maximum atomic E-state index is 11.9. The maximum Gasteiger partial charge on any atom is 0.411 e. The van der Waals surface area contributed by atoms with Crippen LogP contribution in [0.5, 0.6) is 0 Å². The lowest BCUT2D eigenvalue weighted by atomic mass is 9.96. The van der Waals surface area contributed by atoms with Crippen molar-refractivity contribution < 1.29 is 27.8 Å². The highest BCUT2D eigenvalue weighted by atomic mass is 35.5. The highest BCUT2D eigenvalue weighted by molar-refractivity contribution is 6.30. The standard InChI is InChI=1S/C12H12ClF3O3/c13-9-3-1-8(2-4-9)10(11(17)18)5-6-19-7-12(14,15)16/h1-4,10H,5-7H2,(H,17,18). The number of alkyl halides is 3. The first-order chi connectivity index (χ1) is 8.79. The Bertz CT molecular complexity index is 417. The summed E-state index contributed by atoms with van der Waals surface area (Å²) in [6.07, 6.45) is -4.44. The first-order valence-corrected chi connectivity index (χ1v) is 5.80. The summed E-state index contributed by atoms with van der Waals surface area (Å²) in [4.78, 5) is 11.1. The van der Waals surface area contributed by atoms with Crippen molar-refractivity contribution >= 4 is 17.6 Å². The zero-order valence-corrected chi connectivity index (χ0v) is 10.5. The van der Waals surface area contributed by atoms with E-state index >= 15 is 0 Å². The molecule has 1 aromatic carbocycles. The van der Waals surface area contributed by atoms with Crippen molar-refractivity contribution in [1.82, 2.24) is 0 Å². The van der Waals surface area contributed by atoms with Gasteiger partial charge in [0.2, 0.25) is 0 Å². The lowest BCUT2D eigenvalue weighted by Gasteiger charge is -2.13. The van der Waals surface area contributed by atoms with E-state index in [9.17, 15) is 18.0 Å². The van der Waals surface area contributed by atoms with Gasteiger partial charge in [-0.05, 0) is 24.1 Å². The summed E-state index contributed by atoms with van der Waals surface area (Å²) >= 11 is 5.68. The quantitative estimate of drug-likeness (QED) is 0.818. The van der Waals surface area contributed by atoms with Crippen LogP contribution in [0.2, 0.25) is 5.02 Å². The molecular weight excluding hydrogens is 285 g/mol. The SMILES string of the molecule is O=C(O)C(CCOCC(F)(F)F)c1ccc(Cl)cc1. The van der Waals surface area contributed by atoms with E-state index in [4.69, 9.17) is 16.7 Å². The van der Waals surface area contributed by atoms with Gasteiger partial charge in [-0.2, -0.15) is 13.2 Å². The van der Waals surface area contributed by atoms with E-state index in [-0.39, 0.29) is 13.0 Å². The zero-order chi connectivity index (χ0) is 14.5. The molecule has 0 aliphatic rings. The monoisotopic (exact) mass is 296 g/mol. The molecule has 0 bridgehead atoms. The maximum absolute atomic E-state index is 11.9.